The molecular weight excluding hydrogens is 316 g/mol. The number of likely N-dealkylation sites (tertiary alicyclic amines) is 1. The summed E-state index contributed by atoms with van der Waals surface area (Å²) in [6.45, 7) is 6.19. The molecule has 1 aliphatic heterocycles. The van der Waals surface area contributed by atoms with Crippen molar-refractivity contribution in [1.29, 1.82) is 0 Å². The number of nitrogens with zero attached hydrogens (tertiary/aromatic N) is 2. The molecule has 1 saturated heterocycles. The van der Waals surface area contributed by atoms with Crippen LogP contribution in [0.2, 0.25) is 0 Å². The van der Waals surface area contributed by atoms with Gasteiger partial charge in [0.15, 0.2) is 0 Å². The quantitative estimate of drug-likeness (QED) is 0.842. The summed E-state index contributed by atoms with van der Waals surface area (Å²) < 4.78 is 0. The Balaban J connectivity index is 1.37. The van der Waals surface area contributed by atoms with Crippen LogP contribution in [-0.2, 0) is 11.2 Å². The van der Waals surface area contributed by atoms with Gasteiger partial charge in [0.05, 0.1) is 12.5 Å². The van der Waals surface area contributed by atoms with Crippen molar-refractivity contribution in [1.82, 2.24) is 20.2 Å². The van der Waals surface area contributed by atoms with Crippen LogP contribution in [0.15, 0.2) is 30.7 Å². The van der Waals surface area contributed by atoms with Crippen LogP contribution in [0.3, 0.4) is 0 Å². The van der Waals surface area contributed by atoms with Crippen LogP contribution in [0, 0.1) is 19.8 Å². The number of hydrogen-bond donors (Lipinski definition) is 2. The van der Waals surface area contributed by atoms with Gasteiger partial charge < -0.3 is 15.2 Å². The molecule has 1 fully saturated rings. The van der Waals surface area contributed by atoms with E-state index in [0.29, 0.717) is 24.6 Å². The molecule has 132 valence electrons. The predicted molar refractivity (Wildman–Crippen MR) is 95.2 cm³/mol. The number of aromatic amines is 1. The topological polar surface area (TPSA) is 78.1 Å². The van der Waals surface area contributed by atoms with Crippen LogP contribution >= 0.6 is 0 Å². The lowest BCUT2D eigenvalue weighted by Crippen LogP contribution is -2.53. The maximum Gasteiger partial charge on any atom is 0.269 e. The Kier molecular flexibility index (Phi) is 5.16. The highest BCUT2D eigenvalue weighted by Crippen LogP contribution is 2.18. The van der Waals surface area contributed by atoms with Crippen molar-refractivity contribution in [3.63, 3.8) is 0 Å². The van der Waals surface area contributed by atoms with E-state index in [1.165, 1.54) is 29.2 Å². The number of aryl methyl sites for hydroxylation is 3. The van der Waals surface area contributed by atoms with Gasteiger partial charge in [-0.3, -0.25) is 9.59 Å². The SMILES string of the molecule is Cc1ccc(CCC(=O)N2CC(CNC(=O)c3cnc[nH]3)C2)c(C)c1. The van der Waals surface area contributed by atoms with Gasteiger partial charge >= 0.3 is 0 Å². The smallest absolute Gasteiger partial charge is 0.269 e. The van der Waals surface area contributed by atoms with Gasteiger partial charge in [-0.2, -0.15) is 0 Å². The Morgan fingerprint density at radius 1 is 1.32 bits per heavy atom. The van der Waals surface area contributed by atoms with Crippen LogP contribution in [0.5, 0.6) is 0 Å². The Labute approximate surface area is 147 Å². The van der Waals surface area contributed by atoms with Crippen molar-refractivity contribution < 1.29 is 9.59 Å². The fraction of sp³-hybridized carbons (Fsp3) is 0.421. The first-order valence-corrected chi connectivity index (χ1v) is 8.63. The number of carbonyl (C=O) groups is 2. The van der Waals surface area contributed by atoms with Gasteiger partial charge in [-0.15, -0.1) is 0 Å². The van der Waals surface area contributed by atoms with E-state index >= 15 is 0 Å². The van der Waals surface area contributed by atoms with Crippen molar-refractivity contribution in [3.05, 3.63) is 53.1 Å². The number of nitrogens with one attached hydrogen (secondary N) is 2. The first-order chi connectivity index (χ1) is 12.0. The molecule has 2 amide bonds. The minimum Gasteiger partial charge on any atom is -0.350 e. The second-order valence-corrected chi connectivity index (χ2v) is 6.77. The van der Waals surface area contributed by atoms with Crippen LogP contribution < -0.4 is 5.32 Å². The summed E-state index contributed by atoms with van der Waals surface area (Å²) in [6.07, 6.45) is 4.30. The minimum atomic E-state index is -0.155. The third kappa shape index (κ3) is 4.26. The predicted octanol–water partition coefficient (Wildman–Crippen LogP) is 1.85. The number of rotatable bonds is 6. The van der Waals surface area contributed by atoms with Gasteiger partial charge in [0.2, 0.25) is 5.91 Å². The molecule has 0 unspecified atom stereocenters. The van der Waals surface area contributed by atoms with E-state index in [1.807, 2.05) is 4.90 Å². The molecule has 0 atom stereocenters. The number of imidazole rings is 1. The van der Waals surface area contributed by atoms with Crippen molar-refractivity contribution in [2.24, 2.45) is 5.92 Å². The summed E-state index contributed by atoms with van der Waals surface area (Å²) in [7, 11) is 0. The largest absolute Gasteiger partial charge is 0.350 e. The maximum atomic E-state index is 12.3. The van der Waals surface area contributed by atoms with Crippen LogP contribution in [-0.4, -0.2) is 46.3 Å². The first kappa shape index (κ1) is 17.2. The average molecular weight is 340 g/mol. The Morgan fingerprint density at radius 2 is 2.12 bits per heavy atom. The van der Waals surface area contributed by atoms with Gasteiger partial charge in [-0.25, -0.2) is 4.98 Å². The molecule has 1 aliphatic rings. The van der Waals surface area contributed by atoms with E-state index < -0.39 is 0 Å². The molecule has 1 aromatic heterocycles. The summed E-state index contributed by atoms with van der Waals surface area (Å²) in [5, 5.41) is 2.87. The molecule has 0 radical (unpaired) electrons. The van der Waals surface area contributed by atoms with Crippen LogP contribution in [0.4, 0.5) is 0 Å². The van der Waals surface area contributed by atoms with E-state index in [-0.39, 0.29) is 11.8 Å². The molecule has 3 rings (SSSR count). The molecule has 0 bridgehead atoms. The van der Waals surface area contributed by atoms with E-state index in [0.717, 1.165) is 19.5 Å². The lowest BCUT2D eigenvalue weighted by molar-refractivity contribution is -0.137. The van der Waals surface area contributed by atoms with E-state index in [9.17, 15) is 9.59 Å². The second-order valence-electron chi connectivity index (χ2n) is 6.77. The zero-order valence-corrected chi connectivity index (χ0v) is 14.7. The zero-order valence-electron chi connectivity index (χ0n) is 14.7. The maximum absolute atomic E-state index is 12.3. The minimum absolute atomic E-state index is 0.155. The van der Waals surface area contributed by atoms with Gasteiger partial charge in [0, 0.05) is 32.0 Å². The molecule has 2 N–H and O–H groups in total. The number of benzene rings is 1. The summed E-state index contributed by atoms with van der Waals surface area (Å²) in [5.41, 5.74) is 4.19. The van der Waals surface area contributed by atoms with Gasteiger partial charge in [0.1, 0.15) is 5.69 Å². The van der Waals surface area contributed by atoms with E-state index in [4.69, 9.17) is 0 Å². The zero-order chi connectivity index (χ0) is 17.8. The summed E-state index contributed by atoms with van der Waals surface area (Å²) in [5.74, 6) is 0.366. The first-order valence-electron chi connectivity index (χ1n) is 8.63. The lowest BCUT2D eigenvalue weighted by atomic mass is 9.97. The summed E-state index contributed by atoms with van der Waals surface area (Å²) in [6, 6.07) is 6.36. The second kappa shape index (κ2) is 7.51. The highest BCUT2D eigenvalue weighted by molar-refractivity contribution is 5.91. The van der Waals surface area contributed by atoms with Crippen molar-refractivity contribution in [3.8, 4) is 0 Å². The highest BCUT2D eigenvalue weighted by atomic mass is 16.2. The average Bonchev–Trinajstić information content (AvgIpc) is 3.06. The molecule has 0 aliphatic carbocycles. The molecule has 1 aromatic carbocycles. The molecular formula is C19H24N4O2. The number of hydrogen-bond acceptors (Lipinski definition) is 3. The fourth-order valence-corrected chi connectivity index (χ4v) is 3.14. The summed E-state index contributed by atoms with van der Waals surface area (Å²) in [4.78, 5) is 32.6. The third-order valence-corrected chi connectivity index (χ3v) is 4.71. The number of amides is 2. The molecule has 6 heteroatoms. The number of aromatic nitrogens is 2. The van der Waals surface area contributed by atoms with Crippen molar-refractivity contribution in [2.45, 2.75) is 26.7 Å². The monoisotopic (exact) mass is 340 g/mol. The number of carbonyl (C=O) groups excluding carboxylic acids is 2. The molecule has 2 aromatic rings. The Bertz CT molecular complexity index is 749. The third-order valence-electron chi connectivity index (χ3n) is 4.71. The van der Waals surface area contributed by atoms with Gasteiger partial charge in [-0.1, -0.05) is 23.8 Å². The standard InChI is InChI=1S/C19H24N4O2/c1-13-3-4-16(14(2)7-13)5-6-18(24)23-10-15(11-23)8-21-19(25)17-9-20-12-22-17/h3-4,7,9,12,15H,5-6,8,10-11H2,1-2H3,(H,20,22)(H,21,25). The van der Waals surface area contributed by atoms with Crippen molar-refractivity contribution in [2.75, 3.05) is 19.6 Å². The molecule has 0 saturated carbocycles. The summed E-state index contributed by atoms with van der Waals surface area (Å²) >= 11 is 0. The van der Waals surface area contributed by atoms with Gasteiger partial charge in [0.25, 0.3) is 5.91 Å². The van der Waals surface area contributed by atoms with Gasteiger partial charge in [-0.05, 0) is 31.4 Å². The molecule has 6 nitrogen and oxygen atoms in total. The normalized spacial score (nSPS) is 14.2. The Hall–Kier alpha value is -2.63. The van der Waals surface area contributed by atoms with Crippen LogP contribution in [0.1, 0.15) is 33.6 Å². The molecule has 0 spiro atoms. The van der Waals surface area contributed by atoms with Crippen molar-refractivity contribution >= 4 is 11.8 Å². The van der Waals surface area contributed by atoms with E-state index in [1.54, 1.807) is 0 Å². The molecule has 25 heavy (non-hydrogen) atoms. The van der Waals surface area contributed by atoms with E-state index in [2.05, 4.69) is 47.3 Å². The number of H-pyrrole nitrogens is 1. The molecule has 2 heterocycles. The van der Waals surface area contributed by atoms with Crippen LogP contribution in [0.25, 0.3) is 0 Å². The Morgan fingerprint density at radius 3 is 2.80 bits per heavy atom. The fourth-order valence-electron chi connectivity index (χ4n) is 3.14. The lowest BCUT2D eigenvalue weighted by Gasteiger charge is -2.39. The highest BCUT2D eigenvalue weighted by Gasteiger charge is 2.30.